The number of ether oxygens (including phenoxy) is 1. The number of thioether (sulfide) groups is 2. The van der Waals surface area contributed by atoms with Crippen LogP contribution >= 0.6 is 23.5 Å². The number of rotatable bonds is 7. The molecule has 3 aromatic rings. The van der Waals surface area contributed by atoms with E-state index in [9.17, 15) is 8.78 Å². The molecule has 0 amide bonds. The standard InChI is InChI=1S/C18H17F2N3OS2/c1-12-5-3-4-6-14(12)23-11-21-22-18(23)25-10-13-7-8-16(26-17(19)20)15(9-13)24-2/h3-9,11,17H,10H2,1-2H3. The quantitative estimate of drug-likeness (QED) is 0.517. The normalized spacial score (nSPS) is 11.1. The minimum absolute atomic E-state index is 0.430. The topological polar surface area (TPSA) is 39.9 Å². The van der Waals surface area contributed by atoms with Gasteiger partial charge in [0.05, 0.1) is 17.7 Å². The van der Waals surface area contributed by atoms with E-state index in [1.165, 1.54) is 18.9 Å². The summed E-state index contributed by atoms with van der Waals surface area (Å²) in [7, 11) is 1.48. The Labute approximate surface area is 159 Å². The van der Waals surface area contributed by atoms with Gasteiger partial charge in [0, 0.05) is 5.75 Å². The first-order valence-corrected chi connectivity index (χ1v) is 9.65. The Morgan fingerprint density at radius 3 is 2.73 bits per heavy atom. The smallest absolute Gasteiger partial charge is 0.289 e. The number of benzene rings is 2. The van der Waals surface area contributed by atoms with Gasteiger partial charge in [0.1, 0.15) is 12.1 Å². The van der Waals surface area contributed by atoms with Crippen molar-refractivity contribution in [3.8, 4) is 11.4 Å². The molecule has 0 spiro atoms. The fourth-order valence-electron chi connectivity index (χ4n) is 2.46. The molecular formula is C18H17F2N3OS2. The molecule has 0 bridgehead atoms. The second kappa shape index (κ2) is 8.55. The van der Waals surface area contributed by atoms with Gasteiger partial charge in [-0.25, -0.2) is 0 Å². The Hall–Kier alpha value is -2.06. The molecule has 0 aliphatic rings. The summed E-state index contributed by atoms with van der Waals surface area (Å²) in [6, 6.07) is 13.3. The van der Waals surface area contributed by atoms with Crippen molar-refractivity contribution in [3.05, 3.63) is 59.9 Å². The molecule has 0 N–H and O–H groups in total. The van der Waals surface area contributed by atoms with Crippen molar-refractivity contribution in [2.24, 2.45) is 0 Å². The Balaban J connectivity index is 1.76. The van der Waals surface area contributed by atoms with E-state index in [0.29, 0.717) is 28.2 Å². The van der Waals surface area contributed by atoms with Crippen molar-refractivity contribution in [3.63, 3.8) is 0 Å². The molecule has 0 saturated heterocycles. The van der Waals surface area contributed by atoms with Crippen LogP contribution in [0.15, 0.2) is 58.8 Å². The predicted octanol–water partition coefficient (Wildman–Crippen LogP) is 5.19. The van der Waals surface area contributed by atoms with Crippen LogP contribution in [0.2, 0.25) is 0 Å². The molecular weight excluding hydrogens is 376 g/mol. The fourth-order valence-corrected chi connectivity index (χ4v) is 3.93. The average molecular weight is 393 g/mol. The van der Waals surface area contributed by atoms with Crippen molar-refractivity contribution in [2.45, 2.75) is 28.5 Å². The Morgan fingerprint density at radius 1 is 1.19 bits per heavy atom. The minimum Gasteiger partial charge on any atom is -0.496 e. The van der Waals surface area contributed by atoms with E-state index >= 15 is 0 Å². The van der Waals surface area contributed by atoms with Crippen LogP contribution < -0.4 is 4.74 Å². The number of alkyl halides is 2. The molecule has 1 aromatic heterocycles. The molecule has 0 saturated carbocycles. The number of aromatic nitrogens is 3. The molecule has 0 aliphatic heterocycles. The Bertz CT molecular complexity index is 886. The lowest BCUT2D eigenvalue weighted by Crippen LogP contribution is -1.98. The van der Waals surface area contributed by atoms with Crippen LogP contribution in [-0.2, 0) is 5.75 Å². The molecule has 0 radical (unpaired) electrons. The highest BCUT2D eigenvalue weighted by molar-refractivity contribution is 7.99. The van der Waals surface area contributed by atoms with E-state index in [1.807, 2.05) is 41.8 Å². The van der Waals surface area contributed by atoms with E-state index in [4.69, 9.17) is 4.74 Å². The summed E-state index contributed by atoms with van der Waals surface area (Å²) in [6.07, 6.45) is 1.69. The van der Waals surface area contributed by atoms with Gasteiger partial charge in [-0.05, 0) is 36.2 Å². The minimum atomic E-state index is -2.48. The summed E-state index contributed by atoms with van der Waals surface area (Å²) >= 11 is 2.01. The maximum atomic E-state index is 12.6. The zero-order valence-corrected chi connectivity index (χ0v) is 15.9. The van der Waals surface area contributed by atoms with E-state index in [1.54, 1.807) is 18.5 Å². The summed E-state index contributed by atoms with van der Waals surface area (Å²) in [6.45, 7) is 2.04. The predicted molar refractivity (Wildman–Crippen MR) is 101 cm³/mol. The summed E-state index contributed by atoms with van der Waals surface area (Å²) in [5.74, 6) is -1.40. The first-order valence-electron chi connectivity index (χ1n) is 7.79. The largest absolute Gasteiger partial charge is 0.496 e. The molecule has 3 rings (SSSR count). The number of nitrogens with zero attached hydrogens (tertiary/aromatic N) is 3. The van der Waals surface area contributed by atoms with Gasteiger partial charge in [0.25, 0.3) is 5.76 Å². The van der Waals surface area contributed by atoms with Crippen LogP contribution in [-0.4, -0.2) is 27.6 Å². The molecule has 0 aliphatic carbocycles. The van der Waals surface area contributed by atoms with Crippen LogP contribution in [0.3, 0.4) is 0 Å². The second-order valence-electron chi connectivity index (χ2n) is 5.42. The third-order valence-electron chi connectivity index (χ3n) is 3.70. The summed E-state index contributed by atoms with van der Waals surface area (Å²) in [5, 5.41) is 8.97. The third kappa shape index (κ3) is 4.37. The van der Waals surface area contributed by atoms with Gasteiger partial charge in [-0.3, -0.25) is 4.57 Å². The van der Waals surface area contributed by atoms with Crippen molar-refractivity contribution in [1.82, 2.24) is 14.8 Å². The fraction of sp³-hybridized carbons (Fsp3) is 0.222. The molecule has 2 aromatic carbocycles. The van der Waals surface area contributed by atoms with Crippen molar-refractivity contribution < 1.29 is 13.5 Å². The number of para-hydroxylation sites is 1. The van der Waals surface area contributed by atoms with Gasteiger partial charge in [-0.1, -0.05) is 47.8 Å². The van der Waals surface area contributed by atoms with Gasteiger partial charge in [-0.15, -0.1) is 10.2 Å². The first-order chi connectivity index (χ1) is 12.6. The summed E-state index contributed by atoms with van der Waals surface area (Å²) in [4.78, 5) is 0.430. The molecule has 8 heteroatoms. The van der Waals surface area contributed by atoms with Crippen LogP contribution in [0.4, 0.5) is 8.78 Å². The highest BCUT2D eigenvalue weighted by Gasteiger charge is 2.13. The Morgan fingerprint density at radius 2 is 2.00 bits per heavy atom. The van der Waals surface area contributed by atoms with Gasteiger partial charge >= 0.3 is 0 Å². The monoisotopic (exact) mass is 393 g/mol. The van der Waals surface area contributed by atoms with Gasteiger partial charge in [0.15, 0.2) is 5.16 Å². The number of aryl methyl sites for hydroxylation is 1. The Kier molecular flexibility index (Phi) is 6.16. The molecule has 0 unspecified atom stereocenters. The van der Waals surface area contributed by atoms with Gasteiger partial charge in [-0.2, -0.15) is 8.78 Å². The third-order valence-corrected chi connectivity index (χ3v) is 5.49. The summed E-state index contributed by atoms with van der Waals surface area (Å²) < 4.78 is 32.4. The maximum Gasteiger partial charge on any atom is 0.289 e. The van der Waals surface area contributed by atoms with Gasteiger partial charge in [0.2, 0.25) is 0 Å². The average Bonchev–Trinajstić information content (AvgIpc) is 3.09. The lowest BCUT2D eigenvalue weighted by molar-refractivity contribution is 0.251. The molecule has 4 nitrogen and oxygen atoms in total. The maximum absolute atomic E-state index is 12.6. The van der Waals surface area contributed by atoms with Crippen molar-refractivity contribution in [2.75, 3.05) is 7.11 Å². The van der Waals surface area contributed by atoms with Crippen LogP contribution in [0.25, 0.3) is 5.69 Å². The lowest BCUT2D eigenvalue weighted by Gasteiger charge is -2.11. The number of hydrogen-bond donors (Lipinski definition) is 0. The zero-order valence-electron chi connectivity index (χ0n) is 14.2. The van der Waals surface area contributed by atoms with Crippen molar-refractivity contribution in [1.29, 1.82) is 0 Å². The molecule has 136 valence electrons. The SMILES string of the molecule is COc1cc(CSc2nncn2-c2ccccc2C)ccc1SC(F)F. The lowest BCUT2D eigenvalue weighted by atomic mass is 10.2. The number of hydrogen-bond acceptors (Lipinski definition) is 5. The van der Waals surface area contributed by atoms with E-state index in [-0.39, 0.29) is 0 Å². The van der Waals surface area contributed by atoms with Crippen LogP contribution in [0.5, 0.6) is 5.75 Å². The highest BCUT2D eigenvalue weighted by Crippen LogP contribution is 2.35. The number of halogens is 2. The molecule has 26 heavy (non-hydrogen) atoms. The van der Waals surface area contributed by atoms with E-state index < -0.39 is 5.76 Å². The van der Waals surface area contributed by atoms with E-state index in [0.717, 1.165) is 22.0 Å². The molecule has 1 heterocycles. The molecule has 0 fully saturated rings. The highest BCUT2D eigenvalue weighted by atomic mass is 32.2. The number of methoxy groups -OCH3 is 1. The van der Waals surface area contributed by atoms with Gasteiger partial charge < -0.3 is 4.74 Å². The summed E-state index contributed by atoms with van der Waals surface area (Å²) in [5.41, 5.74) is 3.12. The zero-order chi connectivity index (χ0) is 18.5. The first kappa shape index (κ1) is 18.7. The second-order valence-corrected chi connectivity index (χ2v) is 7.40. The van der Waals surface area contributed by atoms with Crippen LogP contribution in [0.1, 0.15) is 11.1 Å². The van der Waals surface area contributed by atoms with Crippen LogP contribution in [0, 0.1) is 6.92 Å². The van der Waals surface area contributed by atoms with E-state index in [2.05, 4.69) is 10.2 Å². The molecule has 0 atom stereocenters. The van der Waals surface area contributed by atoms with Crippen molar-refractivity contribution >= 4 is 23.5 Å².